The highest BCUT2D eigenvalue weighted by molar-refractivity contribution is 7.14. The Balaban J connectivity index is 2.12. The van der Waals surface area contributed by atoms with Crippen LogP contribution in [-0.2, 0) is 0 Å². The molecule has 1 heterocycles. The lowest BCUT2D eigenvalue weighted by Gasteiger charge is -2.01. The molecule has 2 N–H and O–H groups in total. The molecule has 0 unspecified atom stereocenters. The number of hydrogen-bond donors (Lipinski definition) is 2. The second-order valence-corrected chi connectivity index (χ2v) is 5.27. The number of thiophene rings is 1. The van der Waals surface area contributed by atoms with Crippen molar-refractivity contribution in [2.24, 2.45) is 0 Å². The normalized spacial score (nSPS) is 9.70. The molecule has 0 fully saturated rings. The number of aliphatic hydroxyl groups is 1. The first-order chi connectivity index (χ1) is 9.70. The lowest BCUT2D eigenvalue weighted by Crippen LogP contribution is -2.09. The molecule has 20 heavy (non-hydrogen) atoms. The van der Waals surface area contributed by atoms with Gasteiger partial charge in [-0.25, -0.2) is 0 Å². The zero-order valence-electron chi connectivity index (χ0n) is 11.1. The summed E-state index contributed by atoms with van der Waals surface area (Å²) in [6, 6.07) is 11.2. The molecule has 102 valence electrons. The Bertz CT molecular complexity index is 650. The molecule has 1 aromatic heterocycles. The molecular weight excluding hydrogens is 270 g/mol. The van der Waals surface area contributed by atoms with Gasteiger partial charge in [0.25, 0.3) is 5.91 Å². The van der Waals surface area contributed by atoms with Gasteiger partial charge >= 0.3 is 0 Å². The minimum atomic E-state index is -0.125. The second-order valence-electron chi connectivity index (χ2n) is 4.22. The van der Waals surface area contributed by atoms with Crippen molar-refractivity contribution in [2.75, 3.05) is 11.9 Å². The number of anilines is 1. The number of amides is 1. The highest BCUT2D eigenvalue weighted by atomic mass is 32.1. The van der Waals surface area contributed by atoms with E-state index in [0.717, 1.165) is 16.1 Å². The average Bonchev–Trinajstić information content (AvgIpc) is 2.82. The van der Waals surface area contributed by atoms with Crippen molar-refractivity contribution >= 4 is 22.9 Å². The van der Waals surface area contributed by atoms with Gasteiger partial charge in [-0.1, -0.05) is 30.0 Å². The van der Waals surface area contributed by atoms with Gasteiger partial charge in [0.15, 0.2) is 0 Å². The zero-order chi connectivity index (χ0) is 14.4. The van der Waals surface area contributed by atoms with E-state index in [4.69, 9.17) is 5.11 Å². The Morgan fingerprint density at radius 3 is 2.80 bits per heavy atom. The van der Waals surface area contributed by atoms with E-state index in [1.807, 2.05) is 43.3 Å². The predicted molar refractivity (Wildman–Crippen MR) is 82.0 cm³/mol. The summed E-state index contributed by atoms with van der Waals surface area (Å²) >= 11 is 1.37. The van der Waals surface area contributed by atoms with Gasteiger partial charge in [-0.2, -0.15) is 0 Å². The van der Waals surface area contributed by atoms with Crippen LogP contribution in [0.3, 0.4) is 0 Å². The second kappa shape index (κ2) is 6.90. The summed E-state index contributed by atoms with van der Waals surface area (Å²) in [5.41, 5.74) is 1.76. The largest absolute Gasteiger partial charge is 0.395 e. The summed E-state index contributed by atoms with van der Waals surface area (Å²) in [5, 5.41) is 11.6. The first kappa shape index (κ1) is 14.3. The molecule has 0 saturated heterocycles. The summed E-state index contributed by atoms with van der Waals surface area (Å²) < 4.78 is 0. The molecule has 0 radical (unpaired) electrons. The van der Waals surface area contributed by atoms with Gasteiger partial charge in [-0.15, -0.1) is 11.3 Å². The van der Waals surface area contributed by atoms with Gasteiger partial charge in [0.1, 0.15) is 0 Å². The summed E-state index contributed by atoms with van der Waals surface area (Å²) in [6.45, 7) is 1.98. The van der Waals surface area contributed by atoms with Gasteiger partial charge in [0, 0.05) is 12.1 Å². The molecule has 0 aliphatic rings. The maximum Gasteiger partial charge on any atom is 0.265 e. The first-order valence-electron chi connectivity index (χ1n) is 6.27. The van der Waals surface area contributed by atoms with Crippen molar-refractivity contribution in [3.05, 3.63) is 51.7 Å². The zero-order valence-corrected chi connectivity index (χ0v) is 12.0. The maximum absolute atomic E-state index is 12.1. The van der Waals surface area contributed by atoms with Crippen LogP contribution in [0.2, 0.25) is 0 Å². The molecule has 0 saturated carbocycles. The van der Waals surface area contributed by atoms with E-state index in [1.165, 1.54) is 11.3 Å². The summed E-state index contributed by atoms with van der Waals surface area (Å²) in [5.74, 6) is 5.73. The molecule has 3 nitrogen and oxygen atoms in total. The van der Waals surface area contributed by atoms with Crippen LogP contribution in [0.1, 0.15) is 26.5 Å². The fourth-order valence-electron chi connectivity index (χ4n) is 1.63. The van der Waals surface area contributed by atoms with Gasteiger partial charge in [0.2, 0.25) is 0 Å². The Morgan fingerprint density at radius 1 is 1.35 bits per heavy atom. The summed E-state index contributed by atoms with van der Waals surface area (Å²) in [4.78, 5) is 13.6. The van der Waals surface area contributed by atoms with Crippen LogP contribution in [0.4, 0.5) is 5.69 Å². The number of hydrogen-bond acceptors (Lipinski definition) is 3. The molecule has 0 aliphatic carbocycles. The van der Waals surface area contributed by atoms with Gasteiger partial charge in [-0.3, -0.25) is 4.79 Å². The molecule has 0 bridgehead atoms. The Morgan fingerprint density at radius 2 is 2.10 bits per heavy atom. The van der Waals surface area contributed by atoms with Gasteiger partial charge in [0.05, 0.1) is 16.4 Å². The molecule has 2 rings (SSSR count). The Labute approximate surface area is 122 Å². The molecule has 0 aliphatic heterocycles. The van der Waals surface area contributed by atoms with E-state index in [1.54, 1.807) is 0 Å². The van der Waals surface area contributed by atoms with Crippen molar-refractivity contribution in [3.8, 4) is 11.8 Å². The number of carbonyl (C=O) groups excluding carboxylic acids is 1. The maximum atomic E-state index is 12.1. The highest BCUT2D eigenvalue weighted by Gasteiger charge is 2.11. The van der Waals surface area contributed by atoms with Crippen LogP contribution < -0.4 is 5.32 Å². The molecule has 4 heteroatoms. The van der Waals surface area contributed by atoms with Crippen molar-refractivity contribution in [2.45, 2.75) is 13.3 Å². The monoisotopic (exact) mass is 285 g/mol. The molecular formula is C16H15NO2S. The van der Waals surface area contributed by atoms with Crippen molar-refractivity contribution in [3.63, 3.8) is 0 Å². The van der Waals surface area contributed by atoms with Crippen LogP contribution >= 0.6 is 11.3 Å². The van der Waals surface area contributed by atoms with Gasteiger partial charge < -0.3 is 10.4 Å². The highest BCUT2D eigenvalue weighted by Crippen LogP contribution is 2.22. The number of nitrogens with one attached hydrogen (secondary N) is 1. The smallest absolute Gasteiger partial charge is 0.265 e. The van der Waals surface area contributed by atoms with Crippen LogP contribution in [0.25, 0.3) is 0 Å². The van der Waals surface area contributed by atoms with Crippen molar-refractivity contribution < 1.29 is 9.90 Å². The third-order valence-electron chi connectivity index (χ3n) is 2.61. The molecule has 0 spiro atoms. The topological polar surface area (TPSA) is 49.3 Å². The first-order valence-corrected chi connectivity index (χ1v) is 7.09. The van der Waals surface area contributed by atoms with Crippen LogP contribution in [0.15, 0.2) is 36.4 Å². The van der Waals surface area contributed by atoms with Crippen LogP contribution in [0.5, 0.6) is 0 Å². The van der Waals surface area contributed by atoms with E-state index >= 15 is 0 Å². The van der Waals surface area contributed by atoms with Crippen LogP contribution in [0, 0.1) is 18.8 Å². The third kappa shape index (κ3) is 3.70. The van der Waals surface area contributed by atoms with E-state index in [9.17, 15) is 4.79 Å². The van der Waals surface area contributed by atoms with Gasteiger partial charge in [-0.05, 0) is 30.7 Å². The van der Waals surface area contributed by atoms with Crippen LogP contribution in [-0.4, -0.2) is 17.6 Å². The predicted octanol–water partition coefficient (Wildman–Crippen LogP) is 3.04. The minimum Gasteiger partial charge on any atom is -0.395 e. The molecule has 1 amide bonds. The Kier molecular flexibility index (Phi) is 4.94. The molecule has 0 atom stereocenters. The van der Waals surface area contributed by atoms with E-state index < -0.39 is 0 Å². The Hall–Kier alpha value is -2.09. The number of benzene rings is 1. The number of aliphatic hydroxyl groups excluding tert-OH is 1. The number of aryl methyl sites for hydroxylation is 1. The number of para-hydroxylation sites is 1. The average molecular weight is 285 g/mol. The number of rotatable bonds is 3. The third-order valence-corrected chi connectivity index (χ3v) is 3.76. The van der Waals surface area contributed by atoms with Crippen molar-refractivity contribution in [1.29, 1.82) is 0 Å². The standard InChI is InChI=1S/C16H15NO2S/c1-12-11-15(20-14(12)9-5-6-10-18)16(19)17-13-7-3-2-4-8-13/h2-4,7-8,11,18H,6,10H2,1H3,(H,17,19). The lowest BCUT2D eigenvalue weighted by molar-refractivity contribution is 0.103. The lowest BCUT2D eigenvalue weighted by atomic mass is 10.2. The fraction of sp³-hybridized carbons (Fsp3) is 0.188. The quantitative estimate of drug-likeness (QED) is 0.852. The van der Waals surface area contributed by atoms with E-state index in [2.05, 4.69) is 17.2 Å². The SMILES string of the molecule is Cc1cc(C(=O)Nc2ccccc2)sc1C#CCCO. The van der Waals surface area contributed by atoms with E-state index in [0.29, 0.717) is 11.3 Å². The minimum absolute atomic E-state index is 0.0543. The summed E-state index contributed by atoms with van der Waals surface area (Å²) in [7, 11) is 0. The number of carbonyl (C=O) groups is 1. The van der Waals surface area contributed by atoms with Crippen molar-refractivity contribution in [1.82, 2.24) is 0 Å². The molecule has 1 aromatic carbocycles. The summed E-state index contributed by atoms with van der Waals surface area (Å²) in [6.07, 6.45) is 0.447. The fourth-order valence-corrected chi connectivity index (χ4v) is 2.57. The van der Waals surface area contributed by atoms with E-state index in [-0.39, 0.29) is 12.5 Å². The molecule has 2 aromatic rings.